The molecule has 6 heteroatoms. The Kier molecular flexibility index (Phi) is 5.20. The van der Waals surface area contributed by atoms with E-state index in [2.05, 4.69) is 6.07 Å². The smallest absolute Gasteiger partial charge is 0.205 e. The van der Waals surface area contributed by atoms with Crippen LogP contribution in [0.4, 0.5) is 0 Å². The molecule has 0 amide bonds. The number of carbonyl (C=O) groups excluding carboxylic acids is 1. The lowest BCUT2D eigenvalue weighted by molar-refractivity contribution is -0.117. The van der Waals surface area contributed by atoms with Crippen LogP contribution >= 0.6 is 0 Å². The molecule has 1 heterocycles. The zero-order valence-corrected chi connectivity index (χ0v) is 16.8. The van der Waals surface area contributed by atoms with Gasteiger partial charge in [-0.25, -0.2) is 0 Å². The van der Waals surface area contributed by atoms with E-state index >= 15 is 0 Å². The number of nitrogens with two attached hydrogens (primary N) is 1. The summed E-state index contributed by atoms with van der Waals surface area (Å²) in [6, 6.07) is 17.3. The monoisotopic (exact) mass is 402 g/mol. The van der Waals surface area contributed by atoms with Gasteiger partial charge in [0.1, 0.15) is 28.9 Å². The van der Waals surface area contributed by atoms with Crippen LogP contribution in [0.1, 0.15) is 35.8 Å². The molecule has 6 nitrogen and oxygen atoms in total. The van der Waals surface area contributed by atoms with E-state index in [4.69, 9.17) is 19.9 Å². The number of rotatable bonds is 4. The summed E-state index contributed by atoms with van der Waals surface area (Å²) >= 11 is 0. The van der Waals surface area contributed by atoms with Gasteiger partial charge in [0.25, 0.3) is 0 Å². The zero-order valence-electron chi connectivity index (χ0n) is 16.8. The van der Waals surface area contributed by atoms with Crippen molar-refractivity contribution in [2.75, 3.05) is 14.2 Å². The van der Waals surface area contributed by atoms with Crippen molar-refractivity contribution in [1.29, 1.82) is 5.26 Å². The van der Waals surface area contributed by atoms with Crippen LogP contribution in [0.25, 0.3) is 0 Å². The molecule has 0 radical (unpaired) electrons. The number of nitrogens with zero attached hydrogens (tertiary/aromatic N) is 1. The fraction of sp³-hybridized carbons (Fsp3) is 0.250. The molecule has 152 valence electrons. The lowest BCUT2D eigenvalue weighted by Crippen LogP contribution is -2.30. The molecule has 0 saturated heterocycles. The molecule has 4 rings (SSSR count). The van der Waals surface area contributed by atoms with E-state index in [1.807, 2.05) is 30.3 Å². The molecule has 0 fully saturated rings. The van der Waals surface area contributed by atoms with Gasteiger partial charge in [-0.05, 0) is 17.5 Å². The summed E-state index contributed by atoms with van der Waals surface area (Å²) in [5.41, 5.74) is 8.58. The standard InChI is InChI=1S/C24H22N2O4/c1-28-16-8-9-17(20(12-16)29-2)22-18(13-25)24(26)30-21-11-15(10-19(27)23(21)22)14-6-4-3-5-7-14/h3-9,12,15,22H,10-11,26H2,1-2H3/t15-,22+/m0/s1. The Balaban J connectivity index is 1.83. The summed E-state index contributed by atoms with van der Waals surface area (Å²) in [6.45, 7) is 0. The molecule has 0 aromatic heterocycles. The summed E-state index contributed by atoms with van der Waals surface area (Å²) in [5, 5.41) is 9.80. The Hall–Kier alpha value is -3.72. The second-order valence-electron chi connectivity index (χ2n) is 7.31. The third-order valence-electron chi connectivity index (χ3n) is 5.68. The minimum atomic E-state index is -0.635. The molecule has 2 aromatic rings. The van der Waals surface area contributed by atoms with Gasteiger partial charge in [0.05, 0.1) is 20.1 Å². The maximum absolute atomic E-state index is 13.3. The first-order valence-electron chi connectivity index (χ1n) is 9.68. The van der Waals surface area contributed by atoms with Crippen molar-refractivity contribution in [3.05, 3.63) is 82.4 Å². The van der Waals surface area contributed by atoms with E-state index in [-0.39, 0.29) is 23.2 Å². The molecule has 2 atom stereocenters. The van der Waals surface area contributed by atoms with Gasteiger partial charge in [-0.2, -0.15) is 5.26 Å². The quantitative estimate of drug-likeness (QED) is 0.833. The Bertz CT molecular complexity index is 1100. The number of allylic oxidation sites excluding steroid dienone is 3. The summed E-state index contributed by atoms with van der Waals surface area (Å²) in [4.78, 5) is 13.3. The van der Waals surface area contributed by atoms with Gasteiger partial charge >= 0.3 is 0 Å². The highest BCUT2D eigenvalue weighted by Crippen LogP contribution is 2.48. The Morgan fingerprint density at radius 1 is 1.10 bits per heavy atom. The highest BCUT2D eigenvalue weighted by atomic mass is 16.5. The molecule has 1 aliphatic heterocycles. The van der Waals surface area contributed by atoms with Crippen LogP contribution in [0.5, 0.6) is 11.5 Å². The van der Waals surface area contributed by atoms with Gasteiger partial charge < -0.3 is 19.9 Å². The van der Waals surface area contributed by atoms with Crippen LogP contribution in [0.15, 0.2) is 71.3 Å². The number of Topliss-reactive ketones (excluding diaryl/α,β-unsaturated/α-hetero) is 1. The lowest BCUT2D eigenvalue weighted by Gasteiger charge is -2.34. The van der Waals surface area contributed by atoms with Crippen molar-refractivity contribution in [3.8, 4) is 17.6 Å². The molecular weight excluding hydrogens is 380 g/mol. The molecule has 0 unspecified atom stereocenters. The second-order valence-corrected chi connectivity index (χ2v) is 7.31. The van der Waals surface area contributed by atoms with Crippen molar-refractivity contribution in [3.63, 3.8) is 0 Å². The first-order valence-corrected chi connectivity index (χ1v) is 9.68. The van der Waals surface area contributed by atoms with Crippen LogP contribution < -0.4 is 15.2 Å². The van der Waals surface area contributed by atoms with Gasteiger partial charge in [-0.3, -0.25) is 4.79 Å². The first-order chi connectivity index (χ1) is 14.6. The van der Waals surface area contributed by atoms with Crippen molar-refractivity contribution < 1.29 is 19.0 Å². The minimum Gasteiger partial charge on any atom is -0.497 e. The molecule has 30 heavy (non-hydrogen) atoms. The maximum Gasteiger partial charge on any atom is 0.205 e. The SMILES string of the molecule is COc1ccc([C@@H]2C(C#N)=C(N)OC3=C2C(=O)C[C@H](c2ccccc2)C3)c(OC)c1. The fourth-order valence-electron chi connectivity index (χ4n) is 4.24. The number of benzene rings is 2. The van der Waals surface area contributed by atoms with E-state index in [0.717, 1.165) is 5.56 Å². The van der Waals surface area contributed by atoms with Gasteiger partial charge in [0.15, 0.2) is 5.78 Å². The van der Waals surface area contributed by atoms with Crippen molar-refractivity contribution in [2.45, 2.75) is 24.7 Å². The van der Waals surface area contributed by atoms with Crippen LogP contribution in [0, 0.1) is 11.3 Å². The fourth-order valence-corrected chi connectivity index (χ4v) is 4.24. The van der Waals surface area contributed by atoms with Gasteiger partial charge in [0, 0.05) is 30.0 Å². The number of methoxy groups -OCH3 is 2. The molecule has 2 N–H and O–H groups in total. The van der Waals surface area contributed by atoms with Gasteiger partial charge in [-0.1, -0.05) is 36.4 Å². The predicted octanol–water partition coefficient (Wildman–Crippen LogP) is 3.91. The minimum absolute atomic E-state index is 0.00676. The van der Waals surface area contributed by atoms with Crippen molar-refractivity contribution >= 4 is 5.78 Å². The predicted molar refractivity (Wildman–Crippen MR) is 111 cm³/mol. The molecule has 1 aliphatic carbocycles. The highest BCUT2D eigenvalue weighted by molar-refractivity contribution is 6.00. The Labute approximate surface area is 175 Å². The first kappa shape index (κ1) is 19.6. The Morgan fingerprint density at radius 3 is 2.53 bits per heavy atom. The number of ether oxygens (including phenoxy) is 3. The van der Waals surface area contributed by atoms with E-state index in [0.29, 0.717) is 41.2 Å². The largest absolute Gasteiger partial charge is 0.497 e. The van der Waals surface area contributed by atoms with Crippen LogP contribution in [0.3, 0.4) is 0 Å². The number of carbonyl (C=O) groups is 1. The van der Waals surface area contributed by atoms with Crippen LogP contribution in [-0.4, -0.2) is 20.0 Å². The van der Waals surface area contributed by atoms with Crippen molar-refractivity contribution in [2.24, 2.45) is 5.73 Å². The molecule has 2 aliphatic rings. The summed E-state index contributed by atoms with van der Waals surface area (Å²) in [7, 11) is 3.11. The van der Waals surface area contributed by atoms with Crippen molar-refractivity contribution in [1.82, 2.24) is 0 Å². The second kappa shape index (κ2) is 7.96. The number of ketones is 1. The van der Waals surface area contributed by atoms with Crippen LogP contribution in [0.2, 0.25) is 0 Å². The van der Waals surface area contributed by atoms with E-state index < -0.39 is 5.92 Å². The number of nitriles is 1. The Morgan fingerprint density at radius 2 is 1.87 bits per heavy atom. The molecule has 0 bridgehead atoms. The average molecular weight is 402 g/mol. The third kappa shape index (κ3) is 3.29. The van der Waals surface area contributed by atoms with E-state index in [9.17, 15) is 10.1 Å². The number of hydrogen-bond acceptors (Lipinski definition) is 6. The lowest BCUT2D eigenvalue weighted by atomic mass is 9.73. The van der Waals surface area contributed by atoms with E-state index in [1.165, 1.54) is 0 Å². The maximum atomic E-state index is 13.3. The van der Waals surface area contributed by atoms with Gasteiger partial charge in [-0.15, -0.1) is 0 Å². The highest BCUT2D eigenvalue weighted by Gasteiger charge is 2.41. The summed E-state index contributed by atoms with van der Waals surface area (Å²) < 4.78 is 16.6. The third-order valence-corrected chi connectivity index (χ3v) is 5.68. The zero-order chi connectivity index (χ0) is 21.3. The molecular formula is C24H22N2O4. The summed E-state index contributed by atoms with van der Waals surface area (Å²) in [5.74, 6) is 1.02. The molecule has 2 aromatic carbocycles. The van der Waals surface area contributed by atoms with Gasteiger partial charge in [0.2, 0.25) is 5.88 Å². The molecule has 0 spiro atoms. The van der Waals surface area contributed by atoms with E-state index in [1.54, 1.807) is 32.4 Å². The molecule has 0 saturated carbocycles. The topological polar surface area (TPSA) is 94.6 Å². The number of hydrogen-bond donors (Lipinski definition) is 1. The summed E-state index contributed by atoms with van der Waals surface area (Å²) in [6.07, 6.45) is 0.888. The van der Waals surface area contributed by atoms with Crippen LogP contribution in [-0.2, 0) is 9.53 Å². The average Bonchev–Trinajstić information content (AvgIpc) is 2.78. The normalized spacial score (nSPS) is 20.9.